The molecule has 0 atom stereocenters. The van der Waals surface area contributed by atoms with Crippen LogP contribution in [0.25, 0.3) is 0 Å². The average Bonchev–Trinajstić information content (AvgIpc) is 3.31. The molecule has 1 fully saturated rings. The fourth-order valence-electron chi connectivity index (χ4n) is 2.35. The molecule has 4 amide bonds. The predicted molar refractivity (Wildman–Crippen MR) is 88.5 cm³/mol. The minimum atomic E-state index is -0.798. The minimum Gasteiger partial charge on any atom is -0.459 e. The number of rotatable bonds is 5. The van der Waals surface area contributed by atoms with Gasteiger partial charge in [-0.15, -0.1) is 0 Å². The third-order valence-electron chi connectivity index (χ3n) is 3.62. The molecular weight excluding hydrogens is 342 g/mol. The molecule has 0 bridgehead atoms. The van der Waals surface area contributed by atoms with Crippen LogP contribution in [0.15, 0.2) is 47.1 Å². The summed E-state index contributed by atoms with van der Waals surface area (Å²) in [6.45, 7) is 0.0118. The van der Waals surface area contributed by atoms with Gasteiger partial charge in [0.2, 0.25) is 0 Å². The lowest BCUT2D eigenvalue weighted by atomic mass is 10.1. The molecule has 3 rings (SSSR count). The molecule has 9 nitrogen and oxygen atoms in total. The first kappa shape index (κ1) is 17.2. The van der Waals surface area contributed by atoms with Crippen LogP contribution in [0.5, 0.6) is 0 Å². The standard InChI is InChI=1S/C17H15N3O6/c21-14(20-8-7-18-17(20)24)10-26-16(23)11-4-1-2-5-12(11)19-15(22)13-6-3-9-25-13/h1-6,9H,7-8,10H2,(H,18,24)(H,19,22). The molecule has 0 saturated carbocycles. The van der Waals surface area contributed by atoms with Gasteiger partial charge in [-0.3, -0.25) is 14.5 Å². The fourth-order valence-corrected chi connectivity index (χ4v) is 2.35. The molecule has 1 aromatic carbocycles. The van der Waals surface area contributed by atoms with Gasteiger partial charge in [0.1, 0.15) is 0 Å². The van der Waals surface area contributed by atoms with Gasteiger partial charge in [-0.25, -0.2) is 9.59 Å². The number of para-hydroxylation sites is 1. The summed E-state index contributed by atoms with van der Waals surface area (Å²) in [6.07, 6.45) is 1.36. The van der Waals surface area contributed by atoms with Crippen LogP contribution < -0.4 is 10.6 Å². The van der Waals surface area contributed by atoms with E-state index in [0.717, 1.165) is 4.90 Å². The third-order valence-corrected chi connectivity index (χ3v) is 3.62. The molecule has 1 aliphatic heterocycles. The second-order valence-electron chi connectivity index (χ2n) is 5.33. The largest absolute Gasteiger partial charge is 0.459 e. The molecule has 0 spiro atoms. The van der Waals surface area contributed by atoms with E-state index in [2.05, 4.69) is 10.6 Å². The normalized spacial score (nSPS) is 13.2. The Hall–Kier alpha value is -3.62. The van der Waals surface area contributed by atoms with Gasteiger partial charge in [0.05, 0.1) is 17.5 Å². The van der Waals surface area contributed by atoms with E-state index in [4.69, 9.17) is 9.15 Å². The van der Waals surface area contributed by atoms with Gasteiger partial charge >= 0.3 is 12.0 Å². The van der Waals surface area contributed by atoms with Crippen LogP contribution >= 0.6 is 0 Å². The zero-order valence-electron chi connectivity index (χ0n) is 13.6. The van der Waals surface area contributed by atoms with Crippen LogP contribution in [0.2, 0.25) is 0 Å². The number of urea groups is 1. The van der Waals surface area contributed by atoms with Crippen LogP contribution in [0.3, 0.4) is 0 Å². The van der Waals surface area contributed by atoms with Crippen molar-refractivity contribution in [3.05, 3.63) is 54.0 Å². The summed E-state index contributed by atoms with van der Waals surface area (Å²) in [5.41, 5.74) is 0.288. The van der Waals surface area contributed by atoms with E-state index < -0.39 is 30.4 Å². The van der Waals surface area contributed by atoms with Crippen LogP contribution in [0, 0.1) is 0 Å². The summed E-state index contributed by atoms with van der Waals surface area (Å²) < 4.78 is 9.98. The molecule has 134 valence electrons. The Labute approximate surface area is 147 Å². The number of amides is 4. The average molecular weight is 357 g/mol. The van der Waals surface area contributed by atoms with Crippen molar-refractivity contribution >= 4 is 29.5 Å². The summed E-state index contributed by atoms with van der Waals surface area (Å²) in [7, 11) is 0. The fraction of sp³-hybridized carbons (Fsp3) is 0.176. The Balaban J connectivity index is 1.65. The summed E-state index contributed by atoms with van der Waals surface area (Å²) in [4.78, 5) is 48.6. The Kier molecular flexibility index (Phi) is 4.97. The molecule has 1 aliphatic rings. The highest BCUT2D eigenvalue weighted by atomic mass is 16.5. The minimum absolute atomic E-state index is 0.0751. The highest BCUT2D eigenvalue weighted by molar-refractivity contribution is 6.07. The lowest BCUT2D eigenvalue weighted by molar-refractivity contribution is -0.130. The third kappa shape index (κ3) is 3.72. The van der Waals surface area contributed by atoms with E-state index in [-0.39, 0.29) is 23.6 Å². The van der Waals surface area contributed by atoms with Crippen molar-refractivity contribution in [3.8, 4) is 0 Å². The SMILES string of the molecule is O=C(Nc1ccccc1C(=O)OCC(=O)N1CCNC1=O)c1ccco1. The maximum absolute atomic E-state index is 12.3. The molecule has 1 saturated heterocycles. The molecule has 2 heterocycles. The Morgan fingerprint density at radius 1 is 1.19 bits per heavy atom. The van der Waals surface area contributed by atoms with Gasteiger partial charge in [-0.05, 0) is 24.3 Å². The van der Waals surface area contributed by atoms with Crippen molar-refractivity contribution in [2.75, 3.05) is 25.0 Å². The number of ether oxygens (including phenoxy) is 1. The van der Waals surface area contributed by atoms with E-state index >= 15 is 0 Å². The highest BCUT2D eigenvalue weighted by Gasteiger charge is 2.27. The second kappa shape index (κ2) is 7.51. The van der Waals surface area contributed by atoms with Crippen LogP contribution in [0.4, 0.5) is 10.5 Å². The number of imide groups is 1. The van der Waals surface area contributed by atoms with Gasteiger partial charge in [0.15, 0.2) is 12.4 Å². The van der Waals surface area contributed by atoms with Gasteiger partial charge < -0.3 is 19.8 Å². The van der Waals surface area contributed by atoms with Crippen LogP contribution in [-0.4, -0.2) is 48.4 Å². The van der Waals surface area contributed by atoms with Crippen molar-refractivity contribution in [1.82, 2.24) is 10.2 Å². The maximum Gasteiger partial charge on any atom is 0.340 e. The number of anilines is 1. The zero-order chi connectivity index (χ0) is 18.5. The number of nitrogens with one attached hydrogen (secondary N) is 2. The van der Waals surface area contributed by atoms with Gasteiger partial charge in [-0.2, -0.15) is 0 Å². The molecule has 9 heteroatoms. The van der Waals surface area contributed by atoms with E-state index in [1.54, 1.807) is 18.2 Å². The summed E-state index contributed by atoms with van der Waals surface area (Å²) in [5.74, 6) is -1.86. The first-order valence-electron chi connectivity index (χ1n) is 7.75. The van der Waals surface area contributed by atoms with Crippen molar-refractivity contribution < 1.29 is 28.3 Å². The lowest BCUT2D eigenvalue weighted by Crippen LogP contribution is -2.37. The predicted octanol–water partition coefficient (Wildman–Crippen LogP) is 1.24. The summed E-state index contributed by atoms with van der Waals surface area (Å²) in [5, 5.41) is 5.03. The molecule has 0 aliphatic carbocycles. The second-order valence-corrected chi connectivity index (χ2v) is 5.33. The zero-order valence-corrected chi connectivity index (χ0v) is 13.6. The smallest absolute Gasteiger partial charge is 0.340 e. The summed E-state index contributed by atoms with van der Waals surface area (Å²) in [6, 6.07) is 8.73. The number of carbonyl (C=O) groups excluding carboxylic acids is 4. The van der Waals surface area contributed by atoms with E-state index in [1.807, 2.05) is 0 Å². The molecule has 1 aromatic heterocycles. The van der Waals surface area contributed by atoms with E-state index in [9.17, 15) is 19.2 Å². The Morgan fingerprint density at radius 2 is 2.00 bits per heavy atom. The van der Waals surface area contributed by atoms with Crippen LogP contribution in [-0.2, 0) is 9.53 Å². The van der Waals surface area contributed by atoms with Gasteiger partial charge in [0, 0.05) is 13.1 Å². The number of furan rings is 1. The van der Waals surface area contributed by atoms with E-state index in [0.29, 0.717) is 6.54 Å². The lowest BCUT2D eigenvalue weighted by Gasteiger charge is -2.13. The number of hydrogen-bond acceptors (Lipinski definition) is 6. The number of benzene rings is 1. The monoisotopic (exact) mass is 357 g/mol. The van der Waals surface area contributed by atoms with Crippen molar-refractivity contribution in [3.63, 3.8) is 0 Å². The van der Waals surface area contributed by atoms with Gasteiger partial charge in [-0.1, -0.05) is 12.1 Å². The number of esters is 1. The quantitative estimate of drug-likeness (QED) is 0.778. The maximum atomic E-state index is 12.3. The highest BCUT2D eigenvalue weighted by Crippen LogP contribution is 2.17. The first-order chi connectivity index (χ1) is 12.6. The molecule has 2 N–H and O–H groups in total. The van der Waals surface area contributed by atoms with E-state index in [1.165, 1.54) is 24.5 Å². The Morgan fingerprint density at radius 3 is 2.69 bits per heavy atom. The molecular formula is C17H15N3O6. The number of nitrogens with zero attached hydrogens (tertiary/aromatic N) is 1. The number of carbonyl (C=O) groups is 4. The molecule has 0 unspecified atom stereocenters. The van der Waals surface area contributed by atoms with Crippen molar-refractivity contribution in [2.24, 2.45) is 0 Å². The van der Waals surface area contributed by atoms with Crippen molar-refractivity contribution in [2.45, 2.75) is 0 Å². The molecule has 2 aromatic rings. The van der Waals surface area contributed by atoms with Crippen molar-refractivity contribution in [1.29, 1.82) is 0 Å². The van der Waals surface area contributed by atoms with Gasteiger partial charge in [0.25, 0.3) is 11.8 Å². The topological polar surface area (TPSA) is 118 Å². The molecule has 26 heavy (non-hydrogen) atoms. The summed E-state index contributed by atoms with van der Waals surface area (Å²) >= 11 is 0. The Bertz CT molecular complexity index is 846. The molecule has 0 radical (unpaired) electrons. The number of hydrogen-bond donors (Lipinski definition) is 2. The first-order valence-corrected chi connectivity index (χ1v) is 7.75. The van der Waals surface area contributed by atoms with Crippen LogP contribution in [0.1, 0.15) is 20.9 Å².